The molecule has 2 rings (SSSR count). The van der Waals surface area contributed by atoms with Crippen molar-refractivity contribution in [2.24, 2.45) is 5.73 Å². The lowest BCUT2D eigenvalue weighted by Crippen LogP contribution is -2.13. The number of nitrogens with zero attached hydrogens (tertiary/aromatic N) is 2. The first kappa shape index (κ1) is 12.8. The quantitative estimate of drug-likeness (QED) is 0.631. The van der Waals surface area contributed by atoms with Crippen LogP contribution in [0, 0.1) is 5.41 Å². The number of nitrogens with one attached hydrogen (secondary N) is 1. The van der Waals surface area contributed by atoms with Gasteiger partial charge >= 0.3 is 0 Å². The molecule has 0 aliphatic heterocycles. The third-order valence-corrected chi connectivity index (χ3v) is 2.31. The summed E-state index contributed by atoms with van der Waals surface area (Å²) in [6.07, 6.45) is 1.46. The van der Waals surface area contributed by atoms with Crippen LogP contribution in [0.4, 0.5) is 0 Å². The van der Waals surface area contributed by atoms with Crippen molar-refractivity contribution in [3.63, 3.8) is 0 Å². The van der Waals surface area contributed by atoms with Gasteiger partial charge < -0.3 is 15.2 Å². The number of rotatable bonds is 5. The minimum absolute atomic E-state index is 0.120. The molecule has 2 aromatic rings. The van der Waals surface area contributed by atoms with E-state index in [1.807, 2.05) is 19.1 Å². The van der Waals surface area contributed by atoms with Crippen LogP contribution in [-0.2, 0) is 0 Å². The van der Waals surface area contributed by atoms with Crippen LogP contribution < -0.4 is 15.2 Å². The van der Waals surface area contributed by atoms with Gasteiger partial charge in [0.1, 0.15) is 17.3 Å². The highest BCUT2D eigenvalue weighted by Crippen LogP contribution is 2.25. The van der Waals surface area contributed by atoms with E-state index in [4.69, 9.17) is 20.6 Å². The van der Waals surface area contributed by atoms with Gasteiger partial charge in [0.15, 0.2) is 0 Å². The maximum atomic E-state index is 7.46. The van der Waals surface area contributed by atoms with E-state index in [0.29, 0.717) is 23.7 Å². The van der Waals surface area contributed by atoms with Crippen LogP contribution in [0.3, 0.4) is 0 Å². The topological polar surface area (TPSA) is 94.1 Å². The van der Waals surface area contributed by atoms with Gasteiger partial charge in [-0.05, 0) is 25.1 Å². The molecule has 1 heterocycles. The van der Waals surface area contributed by atoms with Crippen molar-refractivity contribution >= 4 is 5.84 Å². The molecule has 3 N–H and O–H groups in total. The number of hydrogen-bond acceptors (Lipinski definition) is 5. The zero-order valence-electron chi connectivity index (χ0n) is 10.5. The fourth-order valence-corrected chi connectivity index (χ4v) is 1.50. The summed E-state index contributed by atoms with van der Waals surface area (Å²) in [6, 6.07) is 8.73. The van der Waals surface area contributed by atoms with Crippen LogP contribution in [0.2, 0.25) is 0 Å². The molecule has 19 heavy (non-hydrogen) atoms. The van der Waals surface area contributed by atoms with Crippen molar-refractivity contribution in [1.29, 1.82) is 5.41 Å². The molecule has 1 aromatic carbocycles. The van der Waals surface area contributed by atoms with E-state index in [0.717, 1.165) is 0 Å². The second-order valence-corrected chi connectivity index (χ2v) is 3.67. The zero-order valence-corrected chi connectivity index (χ0v) is 10.5. The Labute approximate surface area is 110 Å². The maximum Gasteiger partial charge on any atom is 0.249 e. The summed E-state index contributed by atoms with van der Waals surface area (Å²) in [5, 5.41) is 15.0. The second kappa shape index (κ2) is 5.81. The highest BCUT2D eigenvalue weighted by atomic mass is 16.5. The van der Waals surface area contributed by atoms with Crippen LogP contribution in [-0.4, -0.2) is 22.6 Å². The molecule has 0 radical (unpaired) electrons. The summed E-state index contributed by atoms with van der Waals surface area (Å²) >= 11 is 0. The molecule has 0 aliphatic carbocycles. The first-order valence-corrected chi connectivity index (χ1v) is 5.77. The maximum absolute atomic E-state index is 7.46. The number of hydrogen-bond donors (Lipinski definition) is 2. The second-order valence-electron chi connectivity index (χ2n) is 3.67. The number of benzene rings is 1. The molecular weight excluding hydrogens is 244 g/mol. The summed E-state index contributed by atoms with van der Waals surface area (Å²) in [5.41, 5.74) is 5.86. The van der Waals surface area contributed by atoms with Crippen molar-refractivity contribution in [2.45, 2.75) is 6.92 Å². The molecule has 0 unspecified atom stereocenters. The molecular formula is C13H14N4O2. The summed E-state index contributed by atoms with van der Waals surface area (Å²) in [5.74, 6) is 1.33. The van der Waals surface area contributed by atoms with Gasteiger partial charge in [-0.25, -0.2) is 0 Å². The van der Waals surface area contributed by atoms with E-state index in [2.05, 4.69) is 10.2 Å². The van der Waals surface area contributed by atoms with Gasteiger partial charge in [-0.1, -0.05) is 6.07 Å². The van der Waals surface area contributed by atoms with Crippen molar-refractivity contribution < 1.29 is 9.47 Å². The molecule has 6 nitrogen and oxygen atoms in total. The summed E-state index contributed by atoms with van der Waals surface area (Å²) in [7, 11) is 0. The normalized spacial score (nSPS) is 9.95. The van der Waals surface area contributed by atoms with E-state index in [-0.39, 0.29) is 11.7 Å². The van der Waals surface area contributed by atoms with E-state index in [1.54, 1.807) is 18.2 Å². The molecule has 0 spiro atoms. The van der Waals surface area contributed by atoms with Gasteiger partial charge in [-0.3, -0.25) is 5.41 Å². The van der Waals surface area contributed by atoms with E-state index >= 15 is 0 Å². The van der Waals surface area contributed by atoms with Crippen molar-refractivity contribution in [3.05, 3.63) is 42.1 Å². The minimum Gasteiger partial charge on any atom is -0.494 e. The Morgan fingerprint density at radius 1 is 1.32 bits per heavy atom. The standard InChI is InChI=1S/C13H14N4O2/c1-2-18-9-4-3-5-10(8-9)19-13-11(12(14)15)6-7-16-17-13/h3-8H,2H2,1H3,(H3,14,15). The van der Waals surface area contributed by atoms with E-state index in [9.17, 15) is 0 Å². The predicted molar refractivity (Wildman–Crippen MR) is 70.7 cm³/mol. The molecule has 98 valence electrons. The largest absolute Gasteiger partial charge is 0.494 e. The smallest absolute Gasteiger partial charge is 0.249 e. The Morgan fingerprint density at radius 2 is 2.11 bits per heavy atom. The lowest BCUT2D eigenvalue weighted by Gasteiger charge is -2.09. The summed E-state index contributed by atoms with van der Waals surface area (Å²) in [6.45, 7) is 2.48. The highest BCUT2D eigenvalue weighted by Gasteiger charge is 2.09. The first-order valence-electron chi connectivity index (χ1n) is 5.77. The molecule has 0 saturated heterocycles. The SMILES string of the molecule is CCOc1cccc(Oc2nnccc2C(=N)N)c1. The van der Waals surface area contributed by atoms with Gasteiger partial charge in [0.05, 0.1) is 18.4 Å². The number of nitrogens with two attached hydrogens (primary N) is 1. The Bertz CT molecular complexity index is 586. The number of ether oxygens (including phenoxy) is 2. The fourth-order valence-electron chi connectivity index (χ4n) is 1.50. The van der Waals surface area contributed by atoms with Gasteiger partial charge in [-0.15, -0.1) is 5.10 Å². The average Bonchev–Trinajstić information content (AvgIpc) is 2.40. The van der Waals surface area contributed by atoms with Gasteiger partial charge in [0, 0.05) is 6.07 Å². The Hall–Kier alpha value is -2.63. The molecule has 0 amide bonds. The van der Waals surface area contributed by atoms with Gasteiger partial charge in [-0.2, -0.15) is 5.10 Å². The van der Waals surface area contributed by atoms with Crippen LogP contribution in [0.1, 0.15) is 12.5 Å². The molecule has 0 bridgehead atoms. The Kier molecular flexibility index (Phi) is 3.92. The summed E-state index contributed by atoms with van der Waals surface area (Å²) in [4.78, 5) is 0. The van der Waals surface area contributed by atoms with Gasteiger partial charge in [0.25, 0.3) is 0 Å². The molecule has 0 atom stereocenters. The minimum atomic E-state index is -0.120. The van der Waals surface area contributed by atoms with Crippen molar-refractivity contribution in [2.75, 3.05) is 6.61 Å². The monoisotopic (exact) mass is 258 g/mol. The Morgan fingerprint density at radius 3 is 2.84 bits per heavy atom. The molecule has 0 aliphatic rings. The lowest BCUT2D eigenvalue weighted by atomic mass is 10.2. The van der Waals surface area contributed by atoms with Crippen LogP contribution in [0.25, 0.3) is 0 Å². The van der Waals surface area contributed by atoms with Crippen molar-refractivity contribution in [1.82, 2.24) is 10.2 Å². The number of amidine groups is 1. The molecule has 0 fully saturated rings. The summed E-state index contributed by atoms with van der Waals surface area (Å²) < 4.78 is 11.0. The molecule has 1 aromatic heterocycles. The van der Waals surface area contributed by atoms with Crippen molar-refractivity contribution in [3.8, 4) is 17.4 Å². The third-order valence-electron chi connectivity index (χ3n) is 2.31. The van der Waals surface area contributed by atoms with E-state index < -0.39 is 0 Å². The average molecular weight is 258 g/mol. The highest BCUT2D eigenvalue weighted by molar-refractivity contribution is 5.96. The van der Waals surface area contributed by atoms with E-state index in [1.165, 1.54) is 6.20 Å². The predicted octanol–water partition coefficient (Wildman–Crippen LogP) is 1.95. The van der Waals surface area contributed by atoms with Gasteiger partial charge in [0.2, 0.25) is 5.88 Å². The first-order chi connectivity index (χ1) is 9.20. The molecule has 0 saturated carbocycles. The zero-order chi connectivity index (χ0) is 13.7. The lowest BCUT2D eigenvalue weighted by molar-refractivity contribution is 0.337. The fraction of sp³-hybridized carbons (Fsp3) is 0.154. The molecule has 6 heteroatoms. The van der Waals surface area contributed by atoms with Crippen LogP contribution in [0.15, 0.2) is 36.5 Å². The van der Waals surface area contributed by atoms with Crippen LogP contribution >= 0.6 is 0 Å². The van der Waals surface area contributed by atoms with Crippen LogP contribution in [0.5, 0.6) is 17.4 Å². The number of aromatic nitrogens is 2. The Balaban J connectivity index is 2.26. The number of nitrogen functional groups attached to an aromatic ring is 1. The third kappa shape index (κ3) is 3.19.